The summed E-state index contributed by atoms with van der Waals surface area (Å²) in [7, 11) is 3.45. The highest BCUT2D eigenvalue weighted by molar-refractivity contribution is 6.28. The molecule has 0 fully saturated rings. The summed E-state index contributed by atoms with van der Waals surface area (Å²) in [6.07, 6.45) is 0. The lowest BCUT2D eigenvalue weighted by molar-refractivity contribution is -0.130. The average Bonchev–Trinajstić information content (AvgIpc) is 2.59. The van der Waals surface area contributed by atoms with E-state index in [1.54, 1.807) is 31.1 Å². The van der Waals surface area contributed by atoms with Crippen LogP contribution in [-0.4, -0.2) is 30.9 Å². The van der Waals surface area contributed by atoms with Crippen LogP contribution in [0.4, 0.5) is 0 Å². The van der Waals surface area contributed by atoms with Crippen LogP contribution in [-0.2, 0) is 11.3 Å². The molecule has 92 valence electrons. The van der Waals surface area contributed by atoms with Gasteiger partial charge in [-0.25, -0.2) is 0 Å². The van der Waals surface area contributed by atoms with Crippen LogP contribution in [0.15, 0.2) is 16.5 Å². The normalized spacial score (nSPS) is 11.8. The largest absolute Gasteiger partial charge is 0.448 e. The molecule has 0 radical (unpaired) electrons. The molecule has 0 aromatic carbocycles. The van der Waals surface area contributed by atoms with E-state index in [-0.39, 0.29) is 24.4 Å². The lowest BCUT2D eigenvalue weighted by atomic mass is 10.3. The number of hydrogen-bond acceptors (Lipinski definition) is 3. The maximum Gasteiger partial charge on any atom is 0.238 e. The molecule has 1 aromatic rings. The number of nitrogens with zero attached hydrogens (tertiary/aromatic N) is 1. The SMILES string of the molecule is C[C@@H](NCc1ccc(Cl)o1)C(=O)N(C)C.Cl. The van der Waals surface area contributed by atoms with Crippen LogP contribution < -0.4 is 5.32 Å². The Morgan fingerprint density at radius 1 is 1.56 bits per heavy atom. The Hall–Kier alpha value is -0.710. The number of likely N-dealkylation sites (N-methyl/N-ethyl adjacent to an activating group) is 1. The van der Waals surface area contributed by atoms with Crippen molar-refractivity contribution in [2.75, 3.05) is 14.1 Å². The molecule has 0 aliphatic heterocycles. The van der Waals surface area contributed by atoms with Crippen molar-refractivity contribution >= 4 is 29.9 Å². The Labute approximate surface area is 106 Å². The van der Waals surface area contributed by atoms with E-state index >= 15 is 0 Å². The highest BCUT2D eigenvalue weighted by atomic mass is 35.5. The van der Waals surface area contributed by atoms with Gasteiger partial charge in [-0.3, -0.25) is 10.1 Å². The number of nitrogens with one attached hydrogen (secondary N) is 1. The molecular formula is C10H16Cl2N2O2. The fourth-order valence-electron chi connectivity index (χ4n) is 1.18. The zero-order chi connectivity index (χ0) is 11.4. The van der Waals surface area contributed by atoms with Crippen molar-refractivity contribution in [3.63, 3.8) is 0 Å². The maximum absolute atomic E-state index is 11.5. The second-order valence-electron chi connectivity index (χ2n) is 3.54. The van der Waals surface area contributed by atoms with Crippen molar-refractivity contribution in [2.24, 2.45) is 0 Å². The predicted molar refractivity (Wildman–Crippen MR) is 66.0 cm³/mol. The van der Waals surface area contributed by atoms with Gasteiger partial charge in [0.25, 0.3) is 0 Å². The number of furan rings is 1. The number of halogens is 2. The zero-order valence-corrected chi connectivity index (χ0v) is 11.1. The van der Waals surface area contributed by atoms with Crippen molar-refractivity contribution in [1.29, 1.82) is 0 Å². The maximum atomic E-state index is 11.5. The minimum Gasteiger partial charge on any atom is -0.448 e. The van der Waals surface area contributed by atoms with Gasteiger partial charge in [0.1, 0.15) is 5.76 Å². The topological polar surface area (TPSA) is 45.5 Å². The molecule has 4 nitrogen and oxygen atoms in total. The minimum atomic E-state index is -0.233. The first-order valence-corrected chi connectivity index (χ1v) is 5.07. The van der Waals surface area contributed by atoms with E-state index < -0.39 is 0 Å². The summed E-state index contributed by atoms with van der Waals surface area (Å²) in [4.78, 5) is 13.0. The molecule has 0 bridgehead atoms. The molecule has 16 heavy (non-hydrogen) atoms. The van der Waals surface area contributed by atoms with E-state index in [1.807, 2.05) is 6.92 Å². The van der Waals surface area contributed by atoms with E-state index in [4.69, 9.17) is 16.0 Å². The van der Waals surface area contributed by atoms with Crippen LogP contribution in [0.1, 0.15) is 12.7 Å². The Morgan fingerprint density at radius 2 is 2.19 bits per heavy atom. The second kappa shape index (κ2) is 6.78. The Morgan fingerprint density at radius 3 is 2.62 bits per heavy atom. The molecule has 6 heteroatoms. The summed E-state index contributed by atoms with van der Waals surface area (Å²) in [5, 5.41) is 3.41. The van der Waals surface area contributed by atoms with Gasteiger partial charge in [0, 0.05) is 14.1 Å². The first-order valence-electron chi connectivity index (χ1n) is 4.69. The summed E-state index contributed by atoms with van der Waals surface area (Å²) in [6, 6.07) is 3.23. The third-order valence-electron chi connectivity index (χ3n) is 2.02. The zero-order valence-electron chi connectivity index (χ0n) is 9.49. The molecule has 0 spiro atoms. The molecule has 0 unspecified atom stereocenters. The molecule has 1 amide bonds. The van der Waals surface area contributed by atoms with Crippen molar-refractivity contribution in [3.8, 4) is 0 Å². The predicted octanol–water partition coefficient (Wildman–Crippen LogP) is 1.92. The lowest BCUT2D eigenvalue weighted by Crippen LogP contribution is -2.41. The van der Waals surface area contributed by atoms with Gasteiger partial charge < -0.3 is 9.32 Å². The fourth-order valence-corrected chi connectivity index (χ4v) is 1.34. The summed E-state index contributed by atoms with van der Waals surface area (Å²) >= 11 is 5.62. The molecule has 1 aromatic heterocycles. The highest BCUT2D eigenvalue weighted by Crippen LogP contribution is 2.12. The van der Waals surface area contributed by atoms with Gasteiger partial charge in [0.05, 0.1) is 12.6 Å². The standard InChI is InChI=1S/C10H15ClN2O2.ClH/c1-7(10(14)13(2)3)12-6-8-4-5-9(11)15-8;/h4-5,7,12H,6H2,1-3H3;1H/t7-;/m1./s1. The molecule has 0 saturated heterocycles. The van der Waals surface area contributed by atoms with Crippen LogP contribution in [0, 0.1) is 0 Å². The summed E-state index contributed by atoms with van der Waals surface area (Å²) in [5.74, 6) is 0.756. The van der Waals surface area contributed by atoms with Crippen LogP contribution in [0.5, 0.6) is 0 Å². The van der Waals surface area contributed by atoms with Crippen LogP contribution in [0.25, 0.3) is 0 Å². The Bertz CT molecular complexity index is 339. The number of rotatable bonds is 4. The summed E-state index contributed by atoms with van der Waals surface area (Å²) < 4.78 is 5.15. The molecule has 0 aliphatic carbocycles. The third-order valence-corrected chi connectivity index (χ3v) is 2.23. The first kappa shape index (κ1) is 15.3. The van der Waals surface area contributed by atoms with Gasteiger partial charge in [-0.1, -0.05) is 0 Å². The van der Waals surface area contributed by atoms with Crippen molar-refractivity contribution in [2.45, 2.75) is 19.5 Å². The van der Waals surface area contributed by atoms with Crippen LogP contribution in [0.2, 0.25) is 5.22 Å². The van der Waals surface area contributed by atoms with Crippen molar-refractivity contribution in [3.05, 3.63) is 23.1 Å². The lowest BCUT2D eigenvalue weighted by Gasteiger charge is -2.17. The molecular weight excluding hydrogens is 251 g/mol. The van der Waals surface area contributed by atoms with Gasteiger partial charge in [-0.2, -0.15) is 0 Å². The van der Waals surface area contributed by atoms with E-state index in [0.717, 1.165) is 5.76 Å². The van der Waals surface area contributed by atoms with Gasteiger partial charge >= 0.3 is 0 Å². The smallest absolute Gasteiger partial charge is 0.238 e. The van der Waals surface area contributed by atoms with E-state index in [2.05, 4.69) is 5.32 Å². The number of hydrogen-bond donors (Lipinski definition) is 1. The summed E-state index contributed by atoms with van der Waals surface area (Å²) in [6.45, 7) is 2.31. The summed E-state index contributed by atoms with van der Waals surface area (Å²) in [5.41, 5.74) is 0. The molecule has 1 heterocycles. The highest BCUT2D eigenvalue weighted by Gasteiger charge is 2.14. The average molecular weight is 267 g/mol. The third kappa shape index (κ3) is 4.43. The van der Waals surface area contributed by atoms with Crippen molar-refractivity contribution < 1.29 is 9.21 Å². The van der Waals surface area contributed by atoms with Gasteiger partial charge in [-0.05, 0) is 30.7 Å². The fraction of sp³-hybridized carbons (Fsp3) is 0.500. The van der Waals surface area contributed by atoms with Gasteiger partial charge in [0.2, 0.25) is 5.91 Å². The monoisotopic (exact) mass is 266 g/mol. The van der Waals surface area contributed by atoms with E-state index in [0.29, 0.717) is 11.8 Å². The number of carbonyl (C=O) groups excluding carboxylic acids is 1. The Balaban J connectivity index is 0.00000225. The quantitative estimate of drug-likeness (QED) is 0.906. The number of carbonyl (C=O) groups is 1. The first-order chi connectivity index (χ1) is 7.00. The van der Waals surface area contributed by atoms with Crippen LogP contribution in [0.3, 0.4) is 0 Å². The minimum absolute atomic E-state index is 0. The molecule has 1 N–H and O–H groups in total. The van der Waals surface area contributed by atoms with Gasteiger partial charge in [-0.15, -0.1) is 12.4 Å². The van der Waals surface area contributed by atoms with Gasteiger partial charge in [0.15, 0.2) is 5.22 Å². The Kier molecular flexibility index (Phi) is 6.48. The molecule has 1 atom stereocenters. The van der Waals surface area contributed by atoms with Crippen molar-refractivity contribution in [1.82, 2.24) is 10.2 Å². The van der Waals surface area contributed by atoms with E-state index in [9.17, 15) is 4.79 Å². The molecule has 1 rings (SSSR count). The molecule has 0 aliphatic rings. The van der Waals surface area contributed by atoms with Crippen LogP contribution >= 0.6 is 24.0 Å². The molecule has 0 saturated carbocycles. The number of amides is 1. The van der Waals surface area contributed by atoms with E-state index in [1.165, 1.54) is 0 Å². The second-order valence-corrected chi connectivity index (χ2v) is 3.91.